The summed E-state index contributed by atoms with van der Waals surface area (Å²) in [4.78, 5) is 16.4. The zero-order valence-electron chi connectivity index (χ0n) is 12.8. The second-order valence-corrected chi connectivity index (χ2v) is 5.76. The summed E-state index contributed by atoms with van der Waals surface area (Å²) in [6, 6.07) is 10.4. The van der Waals surface area contributed by atoms with Crippen molar-refractivity contribution in [2.24, 2.45) is 0 Å². The van der Waals surface area contributed by atoms with Crippen LogP contribution in [0.4, 0.5) is 0 Å². The van der Waals surface area contributed by atoms with Crippen molar-refractivity contribution < 1.29 is 19.0 Å². The largest absolute Gasteiger partial charge is 0.619 e. The number of esters is 1. The van der Waals surface area contributed by atoms with Gasteiger partial charge in [-0.2, -0.15) is 4.73 Å². The Bertz CT molecular complexity index is 846. The number of carbonyl (C=O) groups excluding carboxylic acids is 1. The number of thiazole rings is 1. The maximum absolute atomic E-state index is 11.9. The van der Waals surface area contributed by atoms with Crippen LogP contribution >= 0.6 is 11.3 Å². The lowest BCUT2D eigenvalue weighted by molar-refractivity contribution is -0.605. The van der Waals surface area contributed by atoms with Gasteiger partial charge in [0.1, 0.15) is 17.4 Å². The lowest BCUT2D eigenvalue weighted by Gasteiger charge is -2.03. The number of ether oxygens (including phenoxy) is 2. The van der Waals surface area contributed by atoms with Crippen LogP contribution in [0.25, 0.3) is 10.6 Å². The number of hydrogen-bond donors (Lipinski definition) is 0. The zero-order chi connectivity index (χ0) is 16.9. The van der Waals surface area contributed by atoms with Crippen LogP contribution in [-0.4, -0.2) is 18.1 Å². The Morgan fingerprint density at radius 2 is 2.08 bits per heavy atom. The smallest absolute Gasteiger partial charge is 0.338 e. The lowest BCUT2D eigenvalue weighted by Crippen LogP contribution is -2.24. The molecule has 0 saturated heterocycles. The first-order chi connectivity index (χ1) is 11.7. The van der Waals surface area contributed by atoms with Crippen LogP contribution in [0.3, 0.4) is 0 Å². The second-order valence-electron chi connectivity index (χ2n) is 4.90. The van der Waals surface area contributed by atoms with Gasteiger partial charge in [-0.1, -0.05) is 12.1 Å². The summed E-state index contributed by atoms with van der Waals surface area (Å²) in [5, 5.41) is 13.6. The van der Waals surface area contributed by atoms with Crippen LogP contribution in [0.5, 0.6) is 5.75 Å². The molecule has 0 aliphatic rings. The number of hydrogen-bond acceptors (Lipinski definition) is 6. The van der Waals surface area contributed by atoms with Crippen molar-refractivity contribution in [1.29, 1.82) is 0 Å². The van der Waals surface area contributed by atoms with Gasteiger partial charge in [-0.15, -0.1) is 11.3 Å². The Balaban J connectivity index is 1.65. The number of benzene rings is 1. The molecule has 0 unspecified atom stereocenters. The molecule has 0 saturated carbocycles. The highest BCUT2D eigenvalue weighted by molar-refractivity contribution is 7.13. The highest BCUT2D eigenvalue weighted by Gasteiger charge is 2.11. The van der Waals surface area contributed by atoms with Crippen molar-refractivity contribution in [3.8, 4) is 16.3 Å². The van der Waals surface area contributed by atoms with Crippen LogP contribution in [0.1, 0.15) is 16.1 Å². The molecule has 24 heavy (non-hydrogen) atoms. The number of aromatic nitrogens is 2. The molecule has 0 fully saturated rings. The Morgan fingerprint density at radius 3 is 2.83 bits per heavy atom. The third-order valence-corrected chi connectivity index (χ3v) is 4.20. The minimum Gasteiger partial charge on any atom is -0.619 e. The number of rotatable bonds is 5. The summed E-state index contributed by atoms with van der Waals surface area (Å²) in [7, 11) is 1.61. The molecule has 0 N–H and O–H groups in total. The molecule has 0 amide bonds. The van der Waals surface area contributed by atoms with E-state index in [-0.39, 0.29) is 6.61 Å². The molecule has 2 aromatic heterocycles. The Hall–Kier alpha value is -2.93. The minimum absolute atomic E-state index is 0.0750. The summed E-state index contributed by atoms with van der Waals surface area (Å²) in [6.07, 6.45) is 2.50. The van der Waals surface area contributed by atoms with Gasteiger partial charge in [0.25, 0.3) is 0 Å². The van der Waals surface area contributed by atoms with Gasteiger partial charge in [-0.25, -0.2) is 9.78 Å². The third-order valence-electron chi connectivity index (χ3n) is 3.26. The first-order valence-corrected chi connectivity index (χ1v) is 7.98. The number of carbonyl (C=O) groups is 1. The first kappa shape index (κ1) is 15.9. The molecular weight excluding hydrogens is 328 g/mol. The molecule has 3 rings (SSSR count). The fourth-order valence-corrected chi connectivity index (χ4v) is 2.84. The average molecular weight is 342 g/mol. The summed E-state index contributed by atoms with van der Waals surface area (Å²) in [5.41, 5.74) is 1.94. The molecule has 122 valence electrons. The van der Waals surface area contributed by atoms with Gasteiger partial charge in [0.2, 0.25) is 0 Å². The molecule has 6 nitrogen and oxygen atoms in total. The van der Waals surface area contributed by atoms with E-state index in [0.29, 0.717) is 16.0 Å². The van der Waals surface area contributed by atoms with Gasteiger partial charge < -0.3 is 14.7 Å². The van der Waals surface area contributed by atoms with Crippen LogP contribution in [0.2, 0.25) is 0 Å². The van der Waals surface area contributed by atoms with Crippen molar-refractivity contribution in [3.63, 3.8) is 0 Å². The summed E-state index contributed by atoms with van der Waals surface area (Å²) in [5.74, 6) is 0.266. The summed E-state index contributed by atoms with van der Waals surface area (Å²) in [6.45, 7) is 0.0750. The van der Waals surface area contributed by atoms with Crippen LogP contribution < -0.4 is 9.47 Å². The van der Waals surface area contributed by atoms with E-state index in [9.17, 15) is 10.0 Å². The molecule has 0 bridgehead atoms. The van der Waals surface area contributed by atoms with E-state index in [1.54, 1.807) is 7.11 Å². The monoisotopic (exact) mass is 342 g/mol. The highest BCUT2D eigenvalue weighted by Crippen LogP contribution is 2.27. The molecule has 0 aliphatic heterocycles. The molecular formula is C17H14N2O4S. The quantitative estimate of drug-likeness (QED) is 0.405. The van der Waals surface area contributed by atoms with Crippen molar-refractivity contribution in [2.45, 2.75) is 6.61 Å². The molecule has 7 heteroatoms. The predicted octanol–water partition coefficient (Wildman–Crippen LogP) is 2.81. The second kappa shape index (κ2) is 7.10. The van der Waals surface area contributed by atoms with E-state index < -0.39 is 5.97 Å². The summed E-state index contributed by atoms with van der Waals surface area (Å²) < 4.78 is 11.0. The number of nitrogens with zero attached hydrogens (tertiary/aromatic N) is 2. The molecule has 0 atom stereocenters. The topological polar surface area (TPSA) is 75.4 Å². The first-order valence-electron chi connectivity index (χ1n) is 7.10. The molecule has 0 radical (unpaired) electrons. The van der Waals surface area contributed by atoms with E-state index in [1.165, 1.54) is 35.9 Å². The van der Waals surface area contributed by atoms with Gasteiger partial charge in [0, 0.05) is 23.1 Å². The molecule has 0 spiro atoms. The number of pyridine rings is 1. The lowest BCUT2D eigenvalue weighted by atomic mass is 10.2. The number of methoxy groups -OCH3 is 1. The molecule has 2 heterocycles. The van der Waals surface area contributed by atoms with Gasteiger partial charge in [0.15, 0.2) is 12.4 Å². The predicted molar refractivity (Wildman–Crippen MR) is 88.6 cm³/mol. The molecule has 0 aliphatic carbocycles. The van der Waals surface area contributed by atoms with Gasteiger partial charge in [-0.05, 0) is 12.1 Å². The fraction of sp³-hybridized carbons (Fsp3) is 0.118. The van der Waals surface area contributed by atoms with Crippen molar-refractivity contribution in [1.82, 2.24) is 4.98 Å². The summed E-state index contributed by atoms with van der Waals surface area (Å²) >= 11 is 1.47. The standard InChI is InChI=1S/C17H14N2O4S/c1-22-15-4-2-3-13(9-15)16-18-14(11-24-16)10-23-17(20)12-5-7-19(21)8-6-12/h2-9,11H,10H2,1H3. The molecule has 1 aromatic carbocycles. The molecule has 3 aromatic rings. The van der Waals surface area contributed by atoms with E-state index >= 15 is 0 Å². The van der Waals surface area contributed by atoms with Crippen LogP contribution in [0.15, 0.2) is 54.2 Å². The zero-order valence-corrected chi connectivity index (χ0v) is 13.7. The maximum Gasteiger partial charge on any atom is 0.338 e. The Kier molecular flexibility index (Phi) is 4.72. The fourth-order valence-electron chi connectivity index (χ4n) is 2.03. The van der Waals surface area contributed by atoms with Crippen molar-refractivity contribution in [2.75, 3.05) is 7.11 Å². The normalized spacial score (nSPS) is 10.4. The van der Waals surface area contributed by atoms with Crippen molar-refractivity contribution in [3.05, 3.63) is 70.6 Å². The Labute approximate surface area is 142 Å². The van der Waals surface area contributed by atoms with Gasteiger partial charge in [-0.3, -0.25) is 0 Å². The van der Waals surface area contributed by atoms with Gasteiger partial charge >= 0.3 is 5.97 Å². The Morgan fingerprint density at radius 1 is 1.29 bits per heavy atom. The maximum atomic E-state index is 11.9. The van der Waals surface area contributed by atoms with E-state index in [4.69, 9.17) is 9.47 Å². The van der Waals surface area contributed by atoms with E-state index in [0.717, 1.165) is 16.3 Å². The van der Waals surface area contributed by atoms with Crippen LogP contribution in [0, 0.1) is 5.21 Å². The third kappa shape index (κ3) is 3.69. The SMILES string of the molecule is COc1cccc(-c2nc(COC(=O)c3cc[n+]([O-])cc3)cs2)c1. The minimum atomic E-state index is -0.494. The van der Waals surface area contributed by atoms with Crippen molar-refractivity contribution >= 4 is 17.3 Å². The van der Waals surface area contributed by atoms with Crippen LogP contribution in [-0.2, 0) is 11.3 Å². The van der Waals surface area contributed by atoms with E-state index in [1.807, 2.05) is 29.6 Å². The highest BCUT2D eigenvalue weighted by atomic mass is 32.1. The average Bonchev–Trinajstić information content (AvgIpc) is 3.09. The van der Waals surface area contributed by atoms with Gasteiger partial charge in [0.05, 0.1) is 18.4 Å². The van der Waals surface area contributed by atoms with E-state index in [2.05, 4.69) is 4.98 Å².